The lowest BCUT2D eigenvalue weighted by atomic mass is 9.88. The fourth-order valence-corrected chi connectivity index (χ4v) is 3.27. The summed E-state index contributed by atoms with van der Waals surface area (Å²) in [6.45, 7) is 8.83. The third-order valence-corrected chi connectivity index (χ3v) is 4.64. The minimum atomic E-state index is -0.444. The Bertz CT molecular complexity index is 710. The number of aromatic nitrogens is 2. The van der Waals surface area contributed by atoms with Gasteiger partial charge in [0.05, 0.1) is 12.5 Å². The van der Waals surface area contributed by atoms with Gasteiger partial charge in [-0.05, 0) is 45.2 Å². The summed E-state index contributed by atoms with van der Waals surface area (Å²) in [4.78, 5) is 11.9. The summed E-state index contributed by atoms with van der Waals surface area (Å²) in [6.07, 6.45) is 3.12. The molecule has 0 aliphatic heterocycles. The van der Waals surface area contributed by atoms with Crippen LogP contribution in [0.1, 0.15) is 62.4 Å². The van der Waals surface area contributed by atoms with Crippen LogP contribution in [0.3, 0.4) is 0 Å². The molecule has 2 rings (SSSR count). The van der Waals surface area contributed by atoms with Crippen LogP contribution in [-0.4, -0.2) is 33.6 Å². The van der Waals surface area contributed by atoms with E-state index in [0.717, 1.165) is 18.5 Å². The van der Waals surface area contributed by atoms with Gasteiger partial charge in [-0.1, -0.05) is 36.8 Å². The third kappa shape index (κ3) is 5.91. The Balaban J connectivity index is 2.39. The molecule has 1 amide bonds. The number of nitrogens with one attached hydrogen (secondary N) is 1. The summed E-state index contributed by atoms with van der Waals surface area (Å²) in [5.41, 5.74) is 5.17. The number of benzene rings is 1. The predicted octanol–water partition coefficient (Wildman–Crippen LogP) is 3.79. The molecule has 0 bridgehead atoms. The smallest absolute Gasteiger partial charge is 0.245 e. The van der Waals surface area contributed by atoms with Gasteiger partial charge < -0.3 is 4.74 Å². The zero-order valence-corrected chi connectivity index (χ0v) is 16.7. The number of nitrogens with zero attached hydrogens (tertiary/aromatic N) is 2. The van der Waals surface area contributed by atoms with E-state index in [1.807, 2.05) is 17.7 Å². The van der Waals surface area contributed by atoms with Crippen LogP contribution in [0.5, 0.6) is 0 Å². The fraction of sp³-hybridized carbons (Fsp3) is 0.524. The number of hydrogen-bond donors (Lipinski definition) is 2. The van der Waals surface area contributed by atoms with E-state index in [2.05, 4.69) is 50.1 Å². The summed E-state index contributed by atoms with van der Waals surface area (Å²) in [5, 5.41) is 13.5. The molecule has 0 radical (unpaired) electrons. The molecule has 0 saturated heterocycles. The Hall–Kier alpha value is -2.18. The number of amides is 1. The van der Waals surface area contributed by atoms with Crippen LogP contribution in [-0.2, 0) is 16.0 Å². The number of rotatable bonds is 10. The molecule has 1 aromatic heterocycles. The minimum absolute atomic E-state index is 0.0542. The predicted molar refractivity (Wildman–Crippen MR) is 105 cm³/mol. The van der Waals surface area contributed by atoms with E-state index in [4.69, 9.17) is 9.94 Å². The molecule has 0 unspecified atom stereocenters. The molecular weight excluding hydrogens is 342 g/mol. The van der Waals surface area contributed by atoms with Crippen LogP contribution in [0.25, 0.3) is 0 Å². The van der Waals surface area contributed by atoms with Crippen molar-refractivity contribution in [1.29, 1.82) is 0 Å². The standard InChI is InChI=1S/C21H31N3O3/c1-5-12-27-20(14-21(25)23-26)18(13-17-8-6-16(4)7-9-17)19-10-11-22-24(19)15(2)3/h6-11,15,18,20,26H,5,12-14H2,1-4H3,(H,23,25)/t18-,20-/m1/s1. The Morgan fingerprint density at radius 3 is 2.56 bits per heavy atom. The highest BCUT2D eigenvalue weighted by Gasteiger charge is 2.29. The van der Waals surface area contributed by atoms with E-state index in [1.54, 1.807) is 11.7 Å². The van der Waals surface area contributed by atoms with Gasteiger partial charge in [-0.2, -0.15) is 5.10 Å². The largest absolute Gasteiger partial charge is 0.377 e. The Kier molecular flexibility index (Phi) is 8.00. The number of hydrogen-bond acceptors (Lipinski definition) is 4. The van der Waals surface area contributed by atoms with Gasteiger partial charge in [0.2, 0.25) is 5.91 Å². The molecule has 2 N–H and O–H groups in total. The summed E-state index contributed by atoms with van der Waals surface area (Å²) >= 11 is 0. The van der Waals surface area contributed by atoms with E-state index in [9.17, 15) is 4.79 Å². The van der Waals surface area contributed by atoms with Crippen molar-refractivity contribution < 1.29 is 14.7 Å². The zero-order chi connectivity index (χ0) is 19.8. The maximum Gasteiger partial charge on any atom is 0.245 e. The molecule has 148 valence electrons. The second-order valence-electron chi connectivity index (χ2n) is 7.24. The van der Waals surface area contributed by atoms with Crippen molar-refractivity contribution >= 4 is 5.91 Å². The second kappa shape index (κ2) is 10.2. The average molecular weight is 373 g/mol. The van der Waals surface area contributed by atoms with Crippen LogP contribution in [0.4, 0.5) is 0 Å². The first kappa shape index (κ1) is 21.1. The first-order valence-corrected chi connectivity index (χ1v) is 9.59. The fourth-order valence-electron chi connectivity index (χ4n) is 3.27. The summed E-state index contributed by atoms with van der Waals surface area (Å²) in [6, 6.07) is 10.6. The molecule has 6 nitrogen and oxygen atoms in total. The quantitative estimate of drug-likeness (QED) is 0.491. The number of ether oxygens (including phenoxy) is 1. The lowest BCUT2D eigenvalue weighted by molar-refractivity contribution is -0.132. The van der Waals surface area contributed by atoms with Crippen molar-refractivity contribution in [2.45, 2.75) is 65.0 Å². The third-order valence-electron chi connectivity index (χ3n) is 4.64. The molecule has 2 aromatic rings. The molecule has 1 aromatic carbocycles. The topological polar surface area (TPSA) is 76.4 Å². The van der Waals surface area contributed by atoms with Crippen molar-refractivity contribution in [3.63, 3.8) is 0 Å². The lowest BCUT2D eigenvalue weighted by Crippen LogP contribution is -2.33. The highest BCUT2D eigenvalue weighted by molar-refractivity contribution is 5.75. The van der Waals surface area contributed by atoms with Crippen LogP contribution in [0, 0.1) is 6.92 Å². The monoisotopic (exact) mass is 373 g/mol. The maximum absolute atomic E-state index is 11.9. The van der Waals surface area contributed by atoms with E-state index in [0.29, 0.717) is 6.61 Å². The van der Waals surface area contributed by atoms with Crippen molar-refractivity contribution in [2.75, 3.05) is 6.61 Å². The van der Waals surface area contributed by atoms with Gasteiger partial charge >= 0.3 is 0 Å². The van der Waals surface area contributed by atoms with E-state index >= 15 is 0 Å². The number of carbonyl (C=O) groups is 1. The van der Waals surface area contributed by atoms with Gasteiger partial charge in [0.15, 0.2) is 0 Å². The Morgan fingerprint density at radius 1 is 1.26 bits per heavy atom. The highest BCUT2D eigenvalue weighted by Crippen LogP contribution is 2.30. The normalized spacial score (nSPS) is 13.6. The van der Waals surface area contributed by atoms with Crippen LogP contribution in [0.2, 0.25) is 0 Å². The number of hydroxylamine groups is 1. The molecule has 0 fully saturated rings. The van der Waals surface area contributed by atoms with Crippen molar-refractivity contribution in [3.05, 3.63) is 53.3 Å². The van der Waals surface area contributed by atoms with Gasteiger partial charge in [0.1, 0.15) is 0 Å². The maximum atomic E-state index is 11.9. The minimum Gasteiger partial charge on any atom is -0.377 e. The van der Waals surface area contributed by atoms with Crippen molar-refractivity contribution in [3.8, 4) is 0 Å². The number of aryl methyl sites for hydroxylation is 1. The molecule has 27 heavy (non-hydrogen) atoms. The van der Waals surface area contributed by atoms with Crippen molar-refractivity contribution in [2.24, 2.45) is 0 Å². The first-order valence-electron chi connectivity index (χ1n) is 9.59. The Morgan fingerprint density at radius 2 is 1.96 bits per heavy atom. The zero-order valence-electron chi connectivity index (χ0n) is 16.7. The number of carbonyl (C=O) groups excluding carboxylic acids is 1. The second-order valence-corrected chi connectivity index (χ2v) is 7.24. The molecule has 0 spiro atoms. The molecule has 1 heterocycles. The molecule has 0 aliphatic carbocycles. The molecule has 6 heteroatoms. The van der Waals surface area contributed by atoms with E-state index < -0.39 is 5.91 Å². The summed E-state index contributed by atoms with van der Waals surface area (Å²) in [5.74, 6) is -0.498. The van der Waals surface area contributed by atoms with Crippen molar-refractivity contribution in [1.82, 2.24) is 15.3 Å². The molecule has 0 saturated carbocycles. The highest BCUT2D eigenvalue weighted by atomic mass is 16.5. The van der Waals surface area contributed by atoms with Gasteiger partial charge in [-0.15, -0.1) is 0 Å². The summed E-state index contributed by atoms with van der Waals surface area (Å²) < 4.78 is 8.05. The van der Waals surface area contributed by atoms with Crippen LogP contribution >= 0.6 is 0 Å². The molecule has 0 aliphatic rings. The molecular formula is C21H31N3O3. The summed E-state index contributed by atoms with van der Waals surface area (Å²) in [7, 11) is 0. The Labute approximate surface area is 161 Å². The van der Waals surface area contributed by atoms with Crippen LogP contribution < -0.4 is 5.48 Å². The average Bonchev–Trinajstić information content (AvgIpc) is 3.14. The van der Waals surface area contributed by atoms with Crippen LogP contribution in [0.15, 0.2) is 36.5 Å². The molecule has 2 atom stereocenters. The van der Waals surface area contributed by atoms with Gasteiger partial charge in [0, 0.05) is 30.5 Å². The first-order chi connectivity index (χ1) is 13.0. The van der Waals surface area contributed by atoms with Gasteiger partial charge in [-0.3, -0.25) is 14.7 Å². The SMILES string of the molecule is CCCO[C@H](CC(=O)NO)[C@H](Cc1ccc(C)cc1)c1ccnn1C(C)C. The van der Waals surface area contributed by atoms with E-state index in [1.165, 1.54) is 11.1 Å². The van der Waals surface area contributed by atoms with Gasteiger partial charge in [-0.25, -0.2) is 5.48 Å². The lowest BCUT2D eigenvalue weighted by Gasteiger charge is -2.28. The van der Waals surface area contributed by atoms with E-state index in [-0.39, 0.29) is 24.5 Å². The van der Waals surface area contributed by atoms with Gasteiger partial charge in [0.25, 0.3) is 0 Å².